The molecule has 2 rings (SSSR count). The standard InChI is InChI=1S/C13H8F5N3/c14-9-4-5-11(15)12(7-9)20-21-19-10-3-1-2-8(6-10)13(16,17)18/h1-7H,(H,19,20). The van der Waals surface area contributed by atoms with E-state index < -0.39 is 23.4 Å². The molecule has 0 heterocycles. The Kier molecular flexibility index (Phi) is 4.15. The lowest BCUT2D eigenvalue weighted by molar-refractivity contribution is -0.137. The first kappa shape index (κ1) is 14.9. The number of nitrogens with one attached hydrogen (secondary N) is 1. The zero-order valence-corrected chi connectivity index (χ0v) is 10.3. The summed E-state index contributed by atoms with van der Waals surface area (Å²) < 4.78 is 63.5. The van der Waals surface area contributed by atoms with Crippen molar-refractivity contribution in [1.29, 1.82) is 0 Å². The molecule has 0 spiro atoms. The molecule has 1 N–H and O–H groups in total. The Morgan fingerprint density at radius 2 is 1.71 bits per heavy atom. The second-order valence-electron chi connectivity index (χ2n) is 3.99. The van der Waals surface area contributed by atoms with Gasteiger partial charge in [-0.3, -0.25) is 5.43 Å². The zero-order chi connectivity index (χ0) is 15.5. The SMILES string of the molecule is Fc1ccc(F)c(N=NNc2cccc(C(F)(F)F)c2)c1. The average Bonchev–Trinajstić information content (AvgIpc) is 2.42. The van der Waals surface area contributed by atoms with Gasteiger partial charge in [-0.15, -0.1) is 5.11 Å². The van der Waals surface area contributed by atoms with Crippen molar-refractivity contribution < 1.29 is 22.0 Å². The molecule has 0 aliphatic rings. The summed E-state index contributed by atoms with van der Waals surface area (Å²) in [6, 6.07) is 6.82. The van der Waals surface area contributed by atoms with E-state index in [-0.39, 0.29) is 11.4 Å². The first-order valence-electron chi connectivity index (χ1n) is 5.65. The molecule has 8 heteroatoms. The highest BCUT2D eigenvalue weighted by molar-refractivity contribution is 5.46. The van der Waals surface area contributed by atoms with Crippen LogP contribution in [0.5, 0.6) is 0 Å². The van der Waals surface area contributed by atoms with Crippen molar-refractivity contribution in [2.24, 2.45) is 10.3 Å². The highest BCUT2D eigenvalue weighted by atomic mass is 19.4. The van der Waals surface area contributed by atoms with Gasteiger partial charge >= 0.3 is 6.18 Å². The van der Waals surface area contributed by atoms with E-state index in [4.69, 9.17) is 0 Å². The van der Waals surface area contributed by atoms with Crippen molar-refractivity contribution in [3.63, 3.8) is 0 Å². The van der Waals surface area contributed by atoms with Crippen LogP contribution < -0.4 is 5.43 Å². The topological polar surface area (TPSA) is 36.8 Å². The number of nitrogens with zero attached hydrogens (tertiary/aromatic N) is 2. The lowest BCUT2D eigenvalue weighted by Gasteiger charge is -2.07. The summed E-state index contributed by atoms with van der Waals surface area (Å²) >= 11 is 0. The Morgan fingerprint density at radius 3 is 2.43 bits per heavy atom. The molecule has 0 saturated carbocycles. The van der Waals surface area contributed by atoms with Crippen LogP contribution in [0.4, 0.5) is 33.3 Å². The minimum absolute atomic E-state index is 0.0189. The summed E-state index contributed by atoms with van der Waals surface area (Å²) in [5.74, 6) is -1.50. The summed E-state index contributed by atoms with van der Waals surface area (Å²) in [7, 11) is 0. The molecule has 0 radical (unpaired) electrons. The van der Waals surface area contributed by atoms with Gasteiger partial charge in [-0.2, -0.15) is 13.2 Å². The molecule has 0 atom stereocenters. The van der Waals surface area contributed by atoms with Crippen LogP contribution in [-0.2, 0) is 6.18 Å². The molecule has 0 fully saturated rings. The van der Waals surface area contributed by atoms with Crippen LogP contribution in [0.2, 0.25) is 0 Å². The number of hydrogen-bond acceptors (Lipinski definition) is 2. The Balaban J connectivity index is 2.13. The molecule has 0 bridgehead atoms. The van der Waals surface area contributed by atoms with Crippen LogP contribution in [0.3, 0.4) is 0 Å². The quantitative estimate of drug-likeness (QED) is 0.478. The highest BCUT2D eigenvalue weighted by Gasteiger charge is 2.30. The largest absolute Gasteiger partial charge is 0.416 e. The van der Waals surface area contributed by atoms with Gasteiger partial charge in [0.2, 0.25) is 0 Å². The van der Waals surface area contributed by atoms with Gasteiger partial charge in [0.25, 0.3) is 0 Å². The van der Waals surface area contributed by atoms with Crippen LogP contribution in [0.1, 0.15) is 5.56 Å². The fraction of sp³-hybridized carbons (Fsp3) is 0.0769. The van der Waals surface area contributed by atoms with Crippen LogP contribution in [-0.4, -0.2) is 0 Å². The second-order valence-corrected chi connectivity index (χ2v) is 3.99. The third kappa shape index (κ3) is 3.98. The lowest BCUT2D eigenvalue weighted by Crippen LogP contribution is -2.04. The maximum Gasteiger partial charge on any atom is 0.416 e. The Bertz CT molecular complexity index is 667. The fourth-order valence-electron chi connectivity index (χ4n) is 1.46. The van der Waals surface area contributed by atoms with Crippen molar-refractivity contribution in [2.45, 2.75) is 6.18 Å². The van der Waals surface area contributed by atoms with Gasteiger partial charge < -0.3 is 0 Å². The predicted molar refractivity (Wildman–Crippen MR) is 65.9 cm³/mol. The van der Waals surface area contributed by atoms with E-state index in [0.29, 0.717) is 0 Å². The van der Waals surface area contributed by atoms with Gasteiger partial charge in [0.05, 0.1) is 11.3 Å². The van der Waals surface area contributed by atoms with Crippen molar-refractivity contribution >= 4 is 11.4 Å². The number of hydrogen-bond donors (Lipinski definition) is 1. The van der Waals surface area contributed by atoms with Crippen LogP contribution in [0.25, 0.3) is 0 Å². The van der Waals surface area contributed by atoms with Gasteiger partial charge in [-0.05, 0) is 30.3 Å². The summed E-state index contributed by atoms with van der Waals surface area (Å²) in [4.78, 5) is 0. The van der Waals surface area contributed by atoms with E-state index in [1.54, 1.807) is 0 Å². The molecule has 2 aromatic rings. The van der Waals surface area contributed by atoms with Gasteiger partial charge in [0.15, 0.2) is 5.82 Å². The molecule has 0 aromatic heterocycles. The van der Waals surface area contributed by atoms with Crippen molar-refractivity contribution in [2.75, 3.05) is 5.43 Å². The molecule has 0 aliphatic carbocycles. The van der Waals surface area contributed by atoms with E-state index in [2.05, 4.69) is 15.8 Å². The monoisotopic (exact) mass is 301 g/mol. The smallest absolute Gasteiger partial charge is 0.260 e. The van der Waals surface area contributed by atoms with Crippen LogP contribution >= 0.6 is 0 Å². The number of halogens is 5. The molecular formula is C13H8F5N3. The Hall–Kier alpha value is -2.51. The first-order chi connectivity index (χ1) is 9.86. The van der Waals surface area contributed by atoms with Crippen molar-refractivity contribution in [3.8, 4) is 0 Å². The molecular weight excluding hydrogens is 293 g/mol. The average molecular weight is 301 g/mol. The number of alkyl halides is 3. The van der Waals surface area contributed by atoms with Crippen LogP contribution in [0.15, 0.2) is 52.8 Å². The maximum absolute atomic E-state index is 13.2. The molecule has 21 heavy (non-hydrogen) atoms. The van der Waals surface area contributed by atoms with E-state index >= 15 is 0 Å². The summed E-state index contributed by atoms with van der Waals surface area (Å²) in [6.07, 6.45) is -4.48. The Labute approximate surface area is 116 Å². The molecule has 2 aromatic carbocycles. The summed E-state index contributed by atoms with van der Waals surface area (Å²) in [5, 5.41) is 6.71. The summed E-state index contributed by atoms with van der Waals surface area (Å²) in [5.41, 5.74) is 1.01. The third-order valence-corrected chi connectivity index (χ3v) is 2.43. The molecule has 110 valence electrons. The van der Waals surface area contributed by atoms with Gasteiger partial charge in [0.1, 0.15) is 11.5 Å². The van der Waals surface area contributed by atoms with Gasteiger partial charge in [0, 0.05) is 6.07 Å². The number of benzene rings is 2. The van der Waals surface area contributed by atoms with E-state index in [1.165, 1.54) is 12.1 Å². The van der Waals surface area contributed by atoms with Crippen molar-refractivity contribution in [3.05, 3.63) is 59.7 Å². The first-order valence-corrected chi connectivity index (χ1v) is 5.65. The number of rotatable bonds is 3. The van der Waals surface area contributed by atoms with E-state index in [1.807, 2.05) is 0 Å². The third-order valence-electron chi connectivity index (χ3n) is 2.43. The molecule has 0 aliphatic heterocycles. The normalized spacial score (nSPS) is 11.9. The highest BCUT2D eigenvalue weighted by Crippen LogP contribution is 2.30. The minimum atomic E-state index is -4.48. The molecule has 0 unspecified atom stereocenters. The second kappa shape index (κ2) is 5.86. The van der Waals surface area contributed by atoms with E-state index in [0.717, 1.165) is 30.3 Å². The molecule has 0 saturated heterocycles. The molecule has 0 amide bonds. The molecule has 3 nitrogen and oxygen atoms in total. The van der Waals surface area contributed by atoms with Crippen LogP contribution in [0, 0.1) is 11.6 Å². The van der Waals surface area contributed by atoms with Gasteiger partial charge in [-0.1, -0.05) is 11.3 Å². The Morgan fingerprint density at radius 1 is 0.952 bits per heavy atom. The van der Waals surface area contributed by atoms with E-state index in [9.17, 15) is 22.0 Å². The minimum Gasteiger partial charge on any atom is -0.260 e. The summed E-state index contributed by atoms with van der Waals surface area (Å²) in [6.45, 7) is 0. The lowest BCUT2D eigenvalue weighted by atomic mass is 10.2. The zero-order valence-electron chi connectivity index (χ0n) is 10.3. The maximum atomic E-state index is 13.2. The fourth-order valence-corrected chi connectivity index (χ4v) is 1.46. The van der Waals surface area contributed by atoms with Gasteiger partial charge in [-0.25, -0.2) is 8.78 Å². The van der Waals surface area contributed by atoms with Crippen molar-refractivity contribution in [1.82, 2.24) is 0 Å². The predicted octanol–water partition coefficient (Wildman–Crippen LogP) is 5.09. The number of anilines is 1.